The highest BCUT2D eigenvalue weighted by molar-refractivity contribution is 7.91. The summed E-state index contributed by atoms with van der Waals surface area (Å²) in [5.74, 6) is 0.567. The van der Waals surface area contributed by atoms with Crippen LogP contribution in [0.2, 0.25) is 0 Å². The monoisotopic (exact) mass is 300 g/mol. The molecule has 1 aromatic heterocycles. The molecule has 0 N–H and O–H groups in total. The van der Waals surface area contributed by atoms with Crippen molar-refractivity contribution in [3.63, 3.8) is 0 Å². The summed E-state index contributed by atoms with van der Waals surface area (Å²) in [6.07, 6.45) is 4.65. The normalized spacial score (nSPS) is 27.2. The first-order chi connectivity index (χ1) is 8.86. The summed E-state index contributed by atoms with van der Waals surface area (Å²) in [5, 5.41) is 0.890. The minimum Gasteiger partial charge on any atom is -0.248 e. The number of sulfonamides is 1. The van der Waals surface area contributed by atoms with E-state index in [1.165, 1.54) is 30.4 Å². The van der Waals surface area contributed by atoms with Crippen molar-refractivity contribution in [2.75, 3.05) is 6.54 Å². The molecule has 0 spiro atoms. The molecule has 1 aliphatic carbocycles. The minimum atomic E-state index is -3.33. The summed E-state index contributed by atoms with van der Waals surface area (Å²) in [6, 6.07) is 0.185. The highest BCUT2D eigenvalue weighted by atomic mass is 32.2. The Labute approximate surface area is 118 Å². The van der Waals surface area contributed by atoms with Crippen molar-refractivity contribution in [1.29, 1.82) is 0 Å². The van der Waals surface area contributed by atoms with Crippen LogP contribution in [0.3, 0.4) is 0 Å². The van der Waals surface area contributed by atoms with Crippen molar-refractivity contribution < 1.29 is 8.42 Å². The van der Waals surface area contributed by atoms with Crippen molar-refractivity contribution in [2.45, 2.75) is 50.3 Å². The summed E-state index contributed by atoms with van der Waals surface area (Å²) in [6.45, 7) is 6.98. The number of hydrogen-bond acceptors (Lipinski definition) is 4. The van der Waals surface area contributed by atoms with Crippen LogP contribution in [-0.4, -0.2) is 30.3 Å². The van der Waals surface area contributed by atoms with E-state index in [9.17, 15) is 8.42 Å². The van der Waals surface area contributed by atoms with Gasteiger partial charge in [0.1, 0.15) is 0 Å². The van der Waals surface area contributed by atoms with Gasteiger partial charge in [0, 0.05) is 12.6 Å². The van der Waals surface area contributed by atoms with Crippen molar-refractivity contribution in [2.24, 2.45) is 11.3 Å². The van der Waals surface area contributed by atoms with Crippen molar-refractivity contribution >= 4 is 21.4 Å². The molecule has 3 rings (SSSR count). The molecule has 2 heterocycles. The average Bonchev–Trinajstić information content (AvgIpc) is 3.00. The summed E-state index contributed by atoms with van der Waals surface area (Å²) >= 11 is 1.31. The van der Waals surface area contributed by atoms with E-state index in [0.717, 1.165) is 11.4 Å². The van der Waals surface area contributed by atoms with E-state index in [4.69, 9.17) is 0 Å². The first-order valence-corrected chi connectivity index (χ1v) is 9.08. The van der Waals surface area contributed by atoms with Gasteiger partial charge in [-0.15, -0.1) is 11.3 Å². The standard InChI is InChI=1S/C13H20N2O2S2/c1-4-10-14-7-11(18-10)19(16,17)15-8-13(2,3)12(15)9-5-6-9/h7,9,12H,4-6,8H2,1-3H3/t12-/m0/s1. The van der Waals surface area contributed by atoms with E-state index in [1.54, 1.807) is 4.31 Å². The van der Waals surface area contributed by atoms with Gasteiger partial charge in [-0.1, -0.05) is 20.8 Å². The molecule has 1 aromatic rings. The Balaban J connectivity index is 1.88. The van der Waals surface area contributed by atoms with Crippen LogP contribution in [0, 0.1) is 11.3 Å². The molecule has 6 heteroatoms. The van der Waals surface area contributed by atoms with Gasteiger partial charge >= 0.3 is 0 Å². The molecular formula is C13H20N2O2S2. The van der Waals surface area contributed by atoms with Gasteiger partial charge in [-0.25, -0.2) is 13.4 Å². The van der Waals surface area contributed by atoms with Crippen LogP contribution in [-0.2, 0) is 16.4 Å². The van der Waals surface area contributed by atoms with Crippen LogP contribution >= 0.6 is 11.3 Å². The molecule has 1 aliphatic heterocycles. The average molecular weight is 300 g/mol. The summed E-state index contributed by atoms with van der Waals surface area (Å²) < 4.78 is 27.5. The molecule has 0 amide bonds. The van der Waals surface area contributed by atoms with Gasteiger partial charge in [0.15, 0.2) is 4.21 Å². The smallest absolute Gasteiger partial charge is 0.248 e. The first kappa shape index (κ1) is 13.5. The minimum absolute atomic E-state index is 0.118. The Bertz CT molecular complexity index is 588. The fourth-order valence-corrected chi connectivity index (χ4v) is 6.34. The number of aromatic nitrogens is 1. The lowest BCUT2D eigenvalue weighted by molar-refractivity contribution is 0.00628. The molecule has 2 aliphatic rings. The predicted octanol–water partition coefficient (Wildman–Crippen LogP) is 2.51. The lowest BCUT2D eigenvalue weighted by atomic mass is 9.75. The highest BCUT2D eigenvalue weighted by Crippen LogP contribution is 2.52. The van der Waals surface area contributed by atoms with Crippen LogP contribution in [0.25, 0.3) is 0 Å². The van der Waals surface area contributed by atoms with Gasteiger partial charge in [-0.3, -0.25) is 0 Å². The van der Waals surface area contributed by atoms with E-state index >= 15 is 0 Å². The van der Waals surface area contributed by atoms with Crippen molar-refractivity contribution in [3.8, 4) is 0 Å². The number of thiazole rings is 1. The molecule has 2 fully saturated rings. The van der Waals surface area contributed by atoms with Gasteiger partial charge in [0.05, 0.1) is 11.2 Å². The van der Waals surface area contributed by atoms with Gasteiger partial charge in [-0.2, -0.15) is 4.31 Å². The van der Waals surface area contributed by atoms with E-state index in [1.807, 2.05) is 6.92 Å². The van der Waals surface area contributed by atoms with Crippen molar-refractivity contribution in [1.82, 2.24) is 9.29 Å². The molecule has 19 heavy (non-hydrogen) atoms. The van der Waals surface area contributed by atoms with Crippen LogP contribution < -0.4 is 0 Å². The fourth-order valence-electron chi connectivity index (χ4n) is 3.08. The molecule has 106 valence electrons. The van der Waals surface area contributed by atoms with Crippen LogP contribution in [0.4, 0.5) is 0 Å². The Morgan fingerprint density at radius 1 is 1.47 bits per heavy atom. The molecule has 0 unspecified atom stereocenters. The van der Waals surface area contributed by atoms with Gasteiger partial charge in [-0.05, 0) is 30.6 Å². The lowest BCUT2D eigenvalue weighted by Gasteiger charge is -2.53. The Morgan fingerprint density at radius 2 is 2.16 bits per heavy atom. The lowest BCUT2D eigenvalue weighted by Crippen LogP contribution is -2.64. The van der Waals surface area contributed by atoms with Gasteiger partial charge < -0.3 is 0 Å². The third-order valence-electron chi connectivity index (χ3n) is 4.14. The summed E-state index contributed by atoms with van der Waals surface area (Å²) in [5.41, 5.74) is 0.118. The zero-order valence-electron chi connectivity index (χ0n) is 11.6. The molecule has 1 saturated carbocycles. The molecule has 0 bridgehead atoms. The molecule has 4 nitrogen and oxygen atoms in total. The molecule has 0 aromatic carbocycles. The predicted molar refractivity (Wildman–Crippen MR) is 75.7 cm³/mol. The second kappa shape index (κ2) is 4.27. The fraction of sp³-hybridized carbons (Fsp3) is 0.769. The maximum atomic E-state index is 12.7. The Kier molecular flexibility index (Phi) is 3.04. The zero-order valence-corrected chi connectivity index (χ0v) is 13.2. The number of hydrogen-bond donors (Lipinski definition) is 0. The van der Waals surface area contributed by atoms with E-state index in [2.05, 4.69) is 18.8 Å². The molecule has 1 atom stereocenters. The van der Waals surface area contributed by atoms with E-state index in [-0.39, 0.29) is 11.5 Å². The second-order valence-electron chi connectivity index (χ2n) is 6.25. The third kappa shape index (κ3) is 2.14. The number of nitrogens with zero attached hydrogens (tertiary/aromatic N) is 2. The Morgan fingerprint density at radius 3 is 2.63 bits per heavy atom. The summed E-state index contributed by atoms with van der Waals surface area (Å²) in [7, 11) is -3.33. The van der Waals surface area contributed by atoms with Gasteiger partial charge in [0.2, 0.25) is 0 Å². The number of aryl methyl sites for hydroxylation is 1. The van der Waals surface area contributed by atoms with E-state index in [0.29, 0.717) is 16.7 Å². The van der Waals surface area contributed by atoms with Crippen LogP contribution in [0.1, 0.15) is 38.6 Å². The summed E-state index contributed by atoms with van der Waals surface area (Å²) in [4.78, 5) is 4.18. The van der Waals surface area contributed by atoms with E-state index < -0.39 is 10.0 Å². The molecular weight excluding hydrogens is 280 g/mol. The third-order valence-corrected chi connectivity index (χ3v) is 7.55. The topological polar surface area (TPSA) is 50.3 Å². The zero-order chi connectivity index (χ0) is 13.8. The molecule has 0 radical (unpaired) electrons. The van der Waals surface area contributed by atoms with Crippen LogP contribution in [0.15, 0.2) is 10.4 Å². The Hall–Kier alpha value is -0.460. The maximum Gasteiger partial charge on any atom is 0.254 e. The van der Waals surface area contributed by atoms with Crippen LogP contribution in [0.5, 0.6) is 0 Å². The maximum absolute atomic E-state index is 12.7. The highest BCUT2D eigenvalue weighted by Gasteiger charge is 2.57. The second-order valence-corrected chi connectivity index (χ2v) is 9.48. The quantitative estimate of drug-likeness (QED) is 0.858. The van der Waals surface area contributed by atoms with Gasteiger partial charge in [0.25, 0.3) is 10.0 Å². The largest absolute Gasteiger partial charge is 0.254 e. The molecule has 1 saturated heterocycles. The first-order valence-electron chi connectivity index (χ1n) is 6.83. The number of rotatable bonds is 4. The SMILES string of the molecule is CCc1ncc(S(=O)(=O)N2CC(C)(C)[C@@H]2C2CC2)s1. The van der Waals surface area contributed by atoms with Crippen molar-refractivity contribution in [3.05, 3.63) is 11.2 Å².